The van der Waals surface area contributed by atoms with Gasteiger partial charge in [0.05, 0.1) is 5.39 Å². The number of carbonyl (C=O) groups is 1. The van der Waals surface area contributed by atoms with Crippen LogP contribution in [0.1, 0.15) is 67.7 Å². The number of hydrogen-bond acceptors (Lipinski definition) is 6. The number of amides is 1. The molecule has 1 saturated carbocycles. The minimum absolute atomic E-state index is 0.218. The summed E-state index contributed by atoms with van der Waals surface area (Å²) >= 11 is 1.76. The molecule has 2 heterocycles. The van der Waals surface area contributed by atoms with E-state index in [0.717, 1.165) is 67.5 Å². The van der Waals surface area contributed by atoms with Gasteiger partial charge < -0.3 is 15.8 Å². The molecule has 146 valence electrons. The van der Waals surface area contributed by atoms with Gasteiger partial charge in [0.1, 0.15) is 17.3 Å². The van der Waals surface area contributed by atoms with Crippen LogP contribution in [-0.4, -0.2) is 35.1 Å². The van der Waals surface area contributed by atoms with Crippen LogP contribution in [0, 0.1) is 0 Å². The number of nitrogens with one attached hydrogen (secondary N) is 1. The van der Waals surface area contributed by atoms with Gasteiger partial charge in [-0.2, -0.15) is 0 Å². The Balaban J connectivity index is 1.62. The second-order valence-corrected chi connectivity index (χ2v) is 8.86. The Hall–Kier alpha value is -1.73. The number of primary amides is 1. The van der Waals surface area contributed by atoms with E-state index in [2.05, 4.69) is 15.3 Å². The van der Waals surface area contributed by atoms with Crippen LogP contribution in [0.4, 0.5) is 0 Å². The van der Waals surface area contributed by atoms with Crippen LogP contribution in [0.15, 0.2) is 6.33 Å². The zero-order valence-corrected chi connectivity index (χ0v) is 16.7. The van der Waals surface area contributed by atoms with E-state index in [1.54, 1.807) is 17.7 Å². The lowest BCUT2D eigenvalue weighted by molar-refractivity contribution is -0.118. The van der Waals surface area contributed by atoms with Gasteiger partial charge in [-0.05, 0) is 69.9 Å². The van der Waals surface area contributed by atoms with Gasteiger partial charge in [-0.15, -0.1) is 11.3 Å². The summed E-state index contributed by atoms with van der Waals surface area (Å²) in [4.78, 5) is 22.7. The quantitative estimate of drug-likeness (QED) is 0.792. The second kappa shape index (κ2) is 8.10. The number of aromatic nitrogens is 2. The van der Waals surface area contributed by atoms with Crippen LogP contribution in [-0.2, 0) is 11.2 Å². The fraction of sp³-hybridized carbons (Fsp3) is 0.650. The Morgan fingerprint density at radius 1 is 1.30 bits per heavy atom. The molecular weight excluding hydrogens is 360 g/mol. The van der Waals surface area contributed by atoms with Crippen LogP contribution in [0.25, 0.3) is 10.2 Å². The first kappa shape index (κ1) is 18.6. The third-order valence-corrected chi connectivity index (χ3v) is 7.21. The summed E-state index contributed by atoms with van der Waals surface area (Å²) in [6, 6.07) is 0.599. The van der Waals surface area contributed by atoms with Gasteiger partial charge in [0, 0.05) is 17.3 Å². The number of fused-ring (bicyclic) bond motifs is 3. The first-order chi connectivity index (χ1) is 13.2. The smallest absolute Gasteiger partial charge is 0.225 e. The molecule has 2 aliphatic carbocycles. The van der Waals surface area contributed by atoms with E-state index >= 15 is 0 Å². The van der Waals surface area contributed by atoms with E-state index in [1.165, 1.54) is 10.4 Å². The Morgan fingerprint density at radius 3 is 2.85 bits per heavy atom. The molecule has 2 aliphatic rings. The third-order valence-electron chi connectivity index (χ3n) is 6.03. The van der Waals surface area contributed by atoms with Gasteiger partial charge in [0.25, 0.3) is 0 Å². The van der Waals surface area contributed by atoms with Crippen LogP contribution in [0.2, 0.25) is 0 Å². The minimum Gasteiger partial charge on any atom is -0.474 e. The maximum atomic E-state index is 11.3. The monoisotopic (exact) mass is 388 g/mol. The summed E-state index contributed by atoms with van der Waals surface area (Å²) in [5.74, 6) is 0.857. The van der Waals surface area contributed by atoms with Gasteiger partial charge in [0.2, 0.25) is 11.8 Å². The van der Waals surface area contributed by atoms with Crippen LogP contribution < -0.4 is 15.8 Å². The molecule has 4 rings (SSSR count). The Kier molecular flexibility index (Phi) is 5.59. The van der Waals surface area contributed by atoms with Crippen molar-refractivity contribution in [1.29, 1.82) is 0 Å². The largest absolute Gasteiger partial charge is 0.474 e. The van der Waals surface area contributed by atoms with Crippen LogP contribution in [0.3, 0.4) is 0 Å². The van der Waals surface area contributed by atoms with E-state index in [4.69, 9.17) is 10.5 Å². The first-order valence-corrected chi connectivity index (χ1v) is 10.9. The van der Waals surface area contributed by atoms with Crippen molar-refractivity contribution in [3.05, 3.63) is 16.8 Å². The minimum atomic E-state index is -0.226. The van der Waals surface area contributed by atoms with E-state index < -0.39 is 0 Å². The number of nitrogens with two attached hydrogens (primary N) is 1. The zero-order valence-electron chi connectivity index (χ0n) is 15.9. The van der Waals surface area contributed by atoms with Crippen molar-refractivity contribution >= 4 is 27.5 Å². The standard InChI is InChI=1S/C20H28N4O2S/c1-22-13-6-8-14(9-7-13)26-19-18-17-12(5-10-16(21)25)3-2-4-15(17)27-20(18)24-11-23-19/h11-14,22H,2-10H2,1H3,(H2,21,25)/t12-,13?,14?/m1/s1. The highest BCUT2D eigenvalue weighted by molar-refractivity contribution is 7.18. The van der Waals surface area contributed by atoms with Crippen molar-refractivity contribution in [2.24, 2.45) is 5.73 Å². The lowest BCUT2D eigenvalue weighted by Gasteiger charge is -2.29. The fourth-order valence-electron chi connectivity index (χ4n) is 4.57. The lowest BCUT2D eigenvalue weighted by atomic mass is 9.83. The summed E-state index contributed by atoms with van der Waals surface area (Å²) in [6.45, 7) is 0. The van der Waals surface area contributed by atoms with Crippen LogP contribution >= 0.6 is 11.3 Å². The Morgan fingerprint density at radius 2 is 2.11 bits per heavy atom. The molecule has 0 radical (unpaired) electrons. The van der Waals surface area contributed by atoms with Gasteiger partial charge in [-0.1, -0.05) is 0 Å². The predicted octanol–water partition coefficient (Wildman–Crippen LogP) is 3.29. The number of nitrogens with zero attached hydrogens (tertiary/aromatic N) is 2. The highest BCUT2D eigenvalue weighted by Crippen LogP contribution is 2.46. The molecular formula is C20H28N4O2S. The molecule has 0 bridgehead atoms. The van der Waals surface area contributed by atoms with Gasteiger partial charge in [-0.25, -0.2) is 9.97 Å². The van der Waals surface area contributed by atoms with Crippen molar-refractivity contribution in [3.8, 4) is 5.88 Å². The molecule has 0 saturated heterocycles. The van der Waals surface area contributed by atoms with E-state index in [1.807, 2.05) is 7.05 Å². The molecule has 0 aliphatic heterocycles. The van der Waals surface area contributed by atoms with Crippen molar-refractivity contribution in [3.63, 3.8) is 0 Å². The molecule has 2 aromatic heterocycles. The molecule has 1 atom stereocenters. The van der Waals surface area contributed by atoms with Crippen molar-refractivity contribution in [1.82, 2.24) is 15.3 Å². The normalized spacial score (nSPS) is 25.3. The molecule has 0 spiro atoms. The number of rotatable bonds is 6. The highest BCUT2D eigenvalue weighted by Gasteiger charge is 2.29. The van der Waals surface area contributed by atoms with Gasteiger partial charge in [-0.3, -0.25) is 4.79 Å². The fourth-order valence-corrected chi connectivity index (χ4v) is 5.82. The molecule has 7 heteroatoms. The molecule has 0 aromatic carbocycles. The second-order valence-electron chi connectivity index (χ2n) is 7.77. The highest BCUT2D eigenvalue weighted by atomic mass is 32.1. The summed E-state index contributed by atoms with van der Waals surface area (Å²) in [5, 5.41) is 4.45. The summed E-state index contributed by atoms with van der Waals surface area (Å²) in [5.41, 5.74) is 6.72. The van der Waals surface area contributed by atoms with Crippen LogP contribution in [0.5, 0.6) is 5.88 Å². The van der Waals surface area contributed by atoms with E-state index in [9.17, 15) is 4.79 Å². The predicted molar refractivity (Wildman–Crippen MR) is 107 cm³/mol. The van der Waals surface area contributed by atoms with Crippen molar-refractivity contribution in [2.45, 2.75) is 75.9 Å². The average molecular weight is 389 g/mol. The van der Waals surface area contributed by atoms with Gasteiger partial charge >= 0.3 is 0 Å². The lowest BCUT2D eigenvalue weighted by Crippen LogP contribution is -2.34. The number of aryl methyl sites for hydroxylation is 1. The van der Waals surface area contributed by atoms with E-state index in [0.29, 0.717) is 18.4 Å². The molecule has 3 N–H and O–H groups in total. The average Bonchev–Trinajstić information content (AvgIpc) is 3.07. The molecule has 1 amide bonds. The Bertz CT molecular complexity index is 814. The molecule has 6 nitrogen and oxygen atoms in total. The SMILES string of the molecule is CNC1CCC(Oc2ncnc3sc4c(c23)[C@@H](CCC(N)=O)CCC4)CC1. The summed E-state index contributed by atoms with van der Waals surface area (Å²) in [6.07, 6.45) is 10.8. The summed E-state index contributed by atoms with van der Waals surface area (Å²) in [7, 11) is 2.03. The third kappa shape index (κ3) is 3.94. The zero-order chi connectivity index (χ0) is 18.8. The molecule has 1 fully saturated rings. The summed E-state index contributed by atoms with van der Waals surface area (Å²) < 4.78 is 6.40. The first-order valence-electron chi connectivity index (χ1n) is 10.0. The topological polar surface area (TPSA) is 90.1 Å². The van der Waals surface area contributed by atoms with Crippen molar-refractivity contribution < 1.29 is 9.53 Å². The maximum Gasteiger partial charge on any atom is 0.225 e. The number of carbonyl (C=O) groups excluding carboxylic acids is 1. The molecule has 0 unspecified atom stereocenters. The van der Waals surface area contributed by atoms with Gasteiger partial charge in [0.15, 0.2) is 0 Å². The number of ether oxygens (including phenoxy) is 1. The van der Waals surface area contributed by atoms with E-state index in [-0.39, 0.29) is 12.0 Å². The molecule has 27 heavy (non-hydrogen) atoms. The Labute approximate surface area is 163 Å². The van der Waals surface area contributed by atoms with Crippen molar-refractivity contribution in [2.75, 3.05) is 7.05 Å². The maximum absolute atomic E-state index is 11.3. The number of thiophene rings is 1. The molecule has 2 aromatic rings. The number of hydrogen-bond donors (Lipinski definition) is 2.